The summed E-state index contributed by atoms with van der Waals surface area (Å²) < 4.78 is 41.2. The summed E-state index contributed by atoms with van der Waals surface area (Å²) in [6.45, 7) is 0.00401. The quantitative estimate of drug-likeness (QED) is 0.540. The molecule has 0 saturated heterocycles. The molecule has 0 spiro atoms. The molecule has 0 aliphatic heterocycles. The van der Waals surface area contributed by atoms with Crippen molar-refractivity contribution in [3.63, 3.8) is 0 Å². The van der Waals surface area contributed by atoms with Crippen LogP contribution in [0, 0.1) is 17.5 Å². The summed E-state index contributed by atoms with van der Waals surface area (Å²) in [6, 6.07) is 9.02. The highest BCUT2D eigenvalue weighted by atomic mass is 32.1. The van der Waals surface area contributed by atoms with Crippen LogP contribution in [0.1, 0.15) is 11.7 Å². The van der Waals surface area contributed by atoms with E-state index in [4.69, 9.17) is 0 Å². The molecule has 0 radical (unpaired) electrons. The Kier molecular flexibility index (Phi) is 4.54. The molecule has 0 aliphatic carbocycles. The Morgan fingerprint density at radius 3 is 2.52 bits per heavy atom. The Labute approximate surface area is 155 Å². The van der Waals surface area contributed by atoms with Crippen LogP contribution < -0.4 is 5.32 Å². The van der Waals surface area contributed by atoms with Crippen LogP contribution in [0.2, 0.25) is 0 Å². The smallest absolute Gasteiger partial charge is 0.214 e. The molecule has 0 fully saturated rings. The predicted octanol–water partition coefficient (Wildman–Crippen LogP) is 4.02. The largest absolute Gasteiger partial charge is 0.386 e. The standard InChI is InChI=1S/C18H13F3N4OS/c19-11-3-1-10(2-4-11)15-9-25-18(23-15)27-17(24-25)22-8-16(26)13-6-5-12(20)7-14(13)21/h1-7,9,16,26H,8H2,(H,22,24). The molecule has 0 aliphatic rings. The Bertz CT molecular complexity index is 1060. The molecule has 27 heavy (non-hydrogen) atoms. The number of hydrogen-bond acceptors (Lipinski definition) is 5. The molecule has 1 unspecified atom stereocenters. The molecule has 2 N–H and O–H groups in total. The van der Waals surface area contributed by atoms with Crippen LogP contribution in [0.15, 0.2) is 48.7 Å². The topological polar surface area (TPSA) is 62.5 Å². The third-order valence-corrected chi connectivity index (χ3v) is 4.83. The van der Waals surface area contributed by atoms with Crippen molar-refractivity contribution < 1.29 is 18.3 Å². The number of aliphatic hydroxyl groups excluding tert-OH is 1. The zero-order valence-electron chi connectivity index (χ0n) is 13.7. The van der Waals surface area contributed by atoms with E-state index in [-0.39, 0.29) is 17.9 Å². The Hall–Kier alpha value is -2.91. The Morgan fingerprint density at radius 1 is 1.07 bits per heavy atom. The molecule has 1 atom stereocenters. The monoisotopic (exact) mass is 390 g/mol. The lowest BCUT2D eigenvalue weighted by atomic mass is 10.1. The predicted molar refractivity (Wildman–Crippen MR) is 96.1 cm³/mol. The minimum absolute atomic E-state index is 0.00355. The van der Waals surface area contributed by atoms with Gasteiger partial charge in [0.15, 0.2) is 0 Å². The lowest BCUT2D eigenvalue weighted by molar-refractivity contribution is 0.186. The van der Waals surface area contributed by atoms with Crippen molar-refractivity contribution in [3.05, 3.63) is 71.7 Å². The number of aliphatic hydroxyl groups is 1. The first-order chi connectivity index (χ1) is 13.0. The molecule has 5 nitrogen and oxygen atoms in total. The third kappa shape index (κ3) is 3.64. The van der Waals surface area contributed by atoms with Gasteiger partial charge in [-0.2, -0.15) is 0 Å². The van der Waals surface area contributed by atoms with Crippen molar-refractivity contribution in [2.75, 3.05) is 11.9 Å². The molecule has 4 aromatic rings. The second kappa shape index (κ2) is 7.01. The van der Waals surface area contributed by atoms with Crippen LogP contribution in [-0.2, 0) is 0 Å². The fraction of sp³-hybridized carbons (Fsp3) is 0.111. The number of anilines is 1. The van der Waals surface area contributed by atoms with Gasteiger partial charge in [0.2, 0.25) is 10.1 Å². The second-order valence-electron chi connectivity index (χ2n) is 5.83. The fourth-order valence-corrected chi connectivity index (χ4v) is 3.39. The summed E-state index contributed by atoms with van der Waals surface area (Å²) in [6.07, 6.45) is 0.553. The number of hydrogen-bond donors (Lipinski definition) is 2. The first-order valence-electron chi connectivity index (χ1n) is 7.98. The van der Waals surface area contributed by atoms with Gasteiger partial charge >= 0.3 is 0 Å². The van der Waals surface area contributed by atoms with E-state index in [2.05, 4.69) is 15.4 Å². The Morgan fingerprint density at radius 2 is 1.81 bits per heavy atom. The highest BCUT2D eigenvalue weighted by Crippen LogP contribution is 2.25. The summed E-state index contributed by atoms with van der Waals surface area (Å²) in [5.74, 6) is -1.82. The molecule has 2 heterocycles. The summed E-state index contributed by atoms with van der Waals surface area (Å²) in [5.41, 5.74) is 1.43. The van der Waals surface area contributed by atoms with E-state index in [9.17, 15) is 18.3 Å². The van der Waals surface area contributed by atoms with Gasteiger partial charge < -0.3 is 10.4 Å². The molecular weight excluding hydrogens is 377 g/mol. The molecule has 0 bridgehead atoms. The maximum Gasteiger partial charge on any atom is 0.214 e. The molecule has 0 saturated carbocycles. The van der Waals surface area contributed by atoms with Crippen molar-refractivity contribution in [3.8, 4) is 11.3 Å². The van der Waals surface area contributed by atoms with Gasteiger partial charge in [-0.15, -0.1) is 5.10 Å². The molecule has 2 aromatic heterocycles. The number of nitrogens with zero attached hydrogens (tertiary/aromatic N) is 3. The molecule has 2 aromatic carbocycles. The van der Waals surface area contributed by atoms with Crippen LogP contribution in [0.3, 0.4) is 0 Å². The van der Waals surface area contributed by atoms with Crippen LogP contribution in [0.4, 0.5) is 18.3 Å². The number of nitrogens with one attached hydrogen (secondary N) is 1. The van der Waals surface area contributed by atoms with Gasteiger partial charge in [-0.3, -0.25) is 0 Å². The lowest BCUT2D eigenvalue weighted by Gasteiger charge is -2.12. The van der Waals surface area contributed by atoms with Gasteiger partial charge in [0.05, 0.1) is 18.0 Å². The minimum Gasteiger partial charge on any atom is -0.386 e. The van der Waals surface area contributed by atoms with E-state index in [0.717, 1.165) is 17.7 Å². The van der Waals surface area contributed by atoms with E-state index >= 15 is 0 Å². The Balaban J connectivity index is 1.47. The van der Waals surface area contributed by atoms with Crippen molar-refractivity contribution >= 4 is 21.4 Å². The average molecular weight is 390 g/mol. The van der Waals surface area contributed by atoms with Crippen molar-refractivity contribution in [2.24, 2.45) is 0 Å². The number of fused-ring (bicyclic) bond motifs is 1. The molecular formula is C18H13F3N4OS. The van der Waals surface area contributed by atoms with Crippen LogP contribution in [-0.4, -0.2) is 26.2 Å². The van der Waals surface area contributed by atoms with Gasteiger partial charge in [0.25, 0.3) is 0 Å². The minimum atomic E-state index is -1.16. The van der Waals surface area contributed by atoms with Gasteiger partial charge in [0.1, 0.15) is 17.5 Å². The zero-order valence-corrected chi connectivity index (χ0v) is 14.6. The average Bonchev–Trinajstić information content (AvgIpc) is 3.19. The highest BCUT2D eigenvalue weighted by Gasteiger charge is 2.15. The van der Waals surface area contributed by atoms with E-state index in [1.54, 1.807) is 22.8 Å². The summed E-state index contributed by atoms with van der Waals surface area (Å²) in [5, 5.41) is 17.8. The van der Waals surface area contributed by atoms with E-state index in [1.807, 2.05) is 0 Å². The fourth-order valence-electron chi connectivity index (χ4n) is 2.60. The molecule has 4 rings (SSSR count). The maximum atomic E-state index is 13.7. The van der Waals surface area contributed by atoms with Gasteiger partial charge in [-0.05, 0) is 30.3 Å². The lowest BCUT2D eigenvalue weighted by Crippen LogP contribution is -2.13. The van der Waals surface area contributed by atoms with E-state index < -0.39 is 17.7 Å². The summed E-state index contributed by atoms with van der Waals surface area (Å²) >= 11 is 1.25. The van der Waals surface area contributed by atoms with Crippen LogP contribution in [0.25, 0.3) is 16.2 Å². The maximum absolute atomic E-state index is 13.7. The molecule has 138 valence electrons. The SMILES string of the molecule is OC(CNc1nn2cc(-c3ccc(F)cc3)nc2s1)c1ccc(F)cc1F. The zero-order chi connectivity index (χ0) is 19.0. The summed E-state index contributed by atoms with van der Waals surface area (Å²) in [7, 11) is 0. The van der Waals surface area contributed by atoms with Crippen molar-refractivity contribution in [1.29, 1.82) is 0 Å². The molecule has 9 heteroatoms. The summed E-state index contributed by atoms with van der Waals surface area (Å²) in [4.78, 5) is 5.05. The third-order valence-electron chi connectivity index (χ3n) is 3.95. The van der Waals surface area contributed by atoms with Gasteiger partial charge in [-0.25, -0.2) is 22.7 Å². The van der Waals surface area contributed by atoms with E-state index in [0.29, 0.717) is 15.8 Å². The van der Waals surface area contributed by atoms with E-state index in [1.165, 1.54) is 29.5 Å². The highest BCUT2D eigenvalue weighted by molar-refractivity contribution is 7.20. The number of imidazole rings is 1. The first kappa shape index (κ1) is 17.5. The number of halogens is 3. The van der Waals surface area contributed by atoms with Crippen molar-refractivity contribution in [2.45, 2.75) is 6.10 Å². The van der Waals surface area contributed by atoms with Crippen LogP contribution in [0.5, 0.6) is 0 Å². The number of aromatic nitrogens is 3. The number of benzene rings is 2. The second-order valence-corrected chi connectivity index (χ2v) is 6.79. The number of rotatable bonds is 5. The van der Waals surface area contributed by atoms with Gasteiger partial charge in [-0.1, -0.05) is 17.4 Å². The molecule has 0 amide bonds. The normalized spacial score (nSPS) is 12.4. The van der Waals surface area contributed by atoms with Crippen molar-refractivity contribution in [1.82, 2.24) is 14.6 Å². The van der Waals surface area contributed by atoms with Crippen LogP contribution >= 0.6 is 11.3 Å². The first-order valence-corrected chi connectivity index (χ1v) is 8.80. The van der Waals surface area contributed by atoms with Gasteiger partial charge in [0, 0.05) is 23.7 Å².